The average molecular weight is 427 g/mol. The van der Waals surface area contributed by atoms with Crippen molar-refractivity contribution in [1.82, 2.24) is 9.97 Å². The molecule has 0 bridgehead atoms. The minimum atomic E-state index is -4.02. The number of hydrogen-bond acceptors (Lipinski definition) is 7. The van der Waals surface area contributed by atoms with E-state index in [1.54, 1.807) is 12.1 Å². The lowest BCUT2D eigenvalue weighted by atomic mass is 10.1. The van der Waals surface area contributed by atoms with E-state index < -0.39 is 20.6 Å². The predicted octanol–water partition coefficient (Wildman–Crippen LogP) is 3.64. The number of aryl methyl sites for hydroxylation is 1. The van der Waals surface area contributed by atoms with E-state index in [0.29, 0.717) is 11.2 Å². The van der Waals surface area contributed by atoms with Gasteiger partial charge >= 0.3 is 5.69 Å². The summed E-state index contributed by atoms with van der Waals surface area (Å²) in [5.41, 5.74) is 1.48. The van der Waals surface area contributed by atoms with Gasteiger partial charge in [0.25, 0.3) is 10.0 Å². The number of nitro benzene ring substituents is 1. The molecule has 1 N–H and O–H groups in total. The monoisotopic (exact) mass is 427 g/mol. The summed E-state index contributed by atoms with van der Waals surface area (Å²) in [7, 11) is -4.02. The zero-order valence-electron chi connectivity index (χ0n) is 16.4. The molecule has 2 aromatic carbocycles. The second kappa shape index (κ2) is 7.86. The van der Waals surface area contributed by atoms with E-state index in [1.165, 1.54) is 30.6 Å². The van der Waals surface area contributed by atoms with Gasteiger partial charge in [0.1, 0.15) is 11.2 Å². The van der Waals surface area contributed by atoms with E-state index in [4.69, 9.17) is 0 Å². The van der Waals surface area contributed by atoms with Crippen LogP contribution in [0.15, 0.2) is 47.6 Å². The van der Waals surface area contributed by atoms with Crippen LogP contribution >= 0.6 is 0 Å². The average Bonchev–Trinajstić information content (AvgIpc) is 2.73. The van der Waals surface area contributed by atoms with Crippen molar-refractivity contribution in [3.8, 4) is 0 Å². The molecule has 2 heterocycles. The summed E-state index contributed by atoms with van der Waals surface area (Å²) in [6, 6.07) is 7.79. The summed E-state index contributed by atoms with van der Waals surface area (Å²) in [5, 5.41) is 11.9. The van der Waals surface area contributed by atoms with Gasteiger partial charge in [0.05, 0.1) is 15.5 Å². The molecule has 0 unspecified atom stereocenters. The molecule has 4 rings (SSSR count). The smallest absolute Gasteiger partial charge is 0.321 e. The highest BCUT2D eigenvalue weighted by atomic mass is 32.2. The number of nitrogens with zero attached hydrogens (tertiary/aromatic N) is 4. The lowest BCUT2D eigenvalue weighted by molar-refractivity contribution is -0.382. The molecule has 156 valence electrons. The first kappa shape index (κ1) is 20.0. The number of benzene rings is 2. The number of fused-ring (bicyclic) bond motifs is 1. The Hall–Kier alpha value is -3.27. The molecule has 0 radical (unpaired) electrons. The number of hydrogen-bond donors (Lipinski definition) is 1. The van der Waals surface area contributed by atoms with E-state index >= 15 is 0 Å². The van der Waals surface area contributed by atoms with Crippen LogP contribution in [0.2, 0.25) is 0 Å². The molecular formula is C20H21N5O4S. The molecule has 0 spiro atoms. The quantitative estimate of drug-likeness (QED) is 0.488. The number of nitro groups is 1. The van der Waals surface area contributed by atoms with Gasteiger partial charge in [-0.1, -0.05) is 17.7 Å². The van der Waals surface area contributed by atoms with Gasteiger partial charge in [0, 0.05) is 25.5 Å². The molecule has 1 aliphatic heterocycles. The maximum atomic E-state index is 12.9. The van der Waals surface area contributed by atoms with E-state index in [2.05, 4.69) is 19.6 Å². The van der Waals surface area contributed by atoms with Crippen LogP contribution < -0.4 is 9.62 Å². The van der Waals surface area contributed by atoms with Gasteiger partial charge in [-0.05, 0) is 44.4 Å². The maximum Gasteiger partial charge on any atom is 0.321 e. The number of aromatic nitrogens is 2. The van der Waals surface area contributed by atoms with Gasteiger partial charge in [-0.3, -0.25) is 19.8 Å². The molecule has 0 amide bonds. The minimum Gasteiger partial charge on any atom is -0.370 e. The lowest BCUT2D eigenvalue weighted by Crippen LogP contribution is -2.30. The number of rotatable bonds is 5. The minimum absolute atomic E-state index is 0.0289. The first-order valence-corrected chi connectivity index (χ1v) is 11.1. The van der Waals surface area contributed by atoms with Crippen molar-refractivity contribution in [2.75, 3.05) is 22.7 Å². The topological polar surface area (TPSA) is 118 Å². The maximum absolute atomic E-state index is 12.9. The summed E-state index contributed by atoms with van der Waals surface area (Å²) in [6.07, 6.45) is 5.94. The second-order valence-corrected chi connectivity index (χ2v) is 8.95. The molecule has 1 aliphatic rings. The molecule has 9 nitrogen and oxygen atoms in total. The van der Waals surface area contributed by atoms with E-state index in [9.17, 15) is 18.5 Å². The van der Waals surface area contributed by atoms with Crippen molar-refractivity contribution in [2.45, 2.75) is 31.1 Å². The first-order chi connectivity index (χ1) is 14.4. The van der Waals surface area contributed by atoms with Gasteiger partial charge in [0.15, 0.2) is 5.52 Å². The Bertz CT molecular complexity index is 1210. The van der Waals surface area contributed by atoms with Crippen molar-refractivity contribution < 1.29 is 13.3 Å². The second-order valence-electron chi connectivity index (χ2n) is 7.27. The predicted molar refractivity (Wildman–Crippen MR) is 114 cm³/mol. The normalized spacial score (nSPS) is 14.6. The summed E-state index contributed by atoms with van der Waals surface area (Å²) >= 11 is 0. The summed E-state index contributed by atoms with van der Waals surface area (Å²) < 4.78 is 28.3. The number of sulfonamides is 1. The fraction of sp³-hybridized carbons (Fsp3) is 0.300. The van der Waals surface area contributed by atoms with Crippen LogP contribution in [0.25, 0.3) is 11.0 Å². The Balaban J connectivity index is 1.88. The Kier molecular flexibility index (Phi) is 5.25. The van der Waals surface area contributed by atoms with Crippen LogP contribution in [-0.4, -0.2) is 36.4 Å². The van der Waals surface area contributed by atoms with E-state index in [0.717, 1.165) is 37.9 Å². The van der Waals surface area contributed by atoms with Gasteiger partial charge in [-0.25, -0.2) is 13.4 Å². The SMILES string of the molecule is Cc1ccc(S(=O)(=O)Nc2cc(N3CCCCC3)c3nccnc3c2[N+](=O)[O-])cc1. The fourth-order valence-electron chi connectivity index (χ4n) is 3.66. The zero-order chi connectivity index (χ0) is 21.3. The van der Waals surface area contributed by atoms with Gasteiger partial charge in [-0.2, -0.15) is 0 Å². The van der Waals surface area contributed by atoms with Crippen LogP contribution in [0.4, 0.5) is 17.1 Å². The van der Waals surface area contributed by atoms with Crippen LogP contribution in [0.1, 0.15) is 24.8 Å². The van der Waals surface area contributed by atoms with Crippen LogP contribution in [0.3, 0.4) is 0 Å². The number of piperidine rings is 1. The van der Waals surface area contributed by atoms with Crippen molar-refractivity contribution in [2.24, 2.45) is 0 Å². The fourth-order valence-corrected chi connectivity index (χ4v) is 4.72. The van der Waals surface area contributed by atoms with Crippen LogP contribution in [-0.2, 0) is 10.0 Å². The molecule has 0 aliphatic carbocycles. The molecule has 10 heteroatoms. The highest BCUT2D eigenvalue weighted by molar-refractivity contribution is 7.92. The standard InChI is InChI=1S/C20H21N5O4S/c1-14-5-7-15(8-6-14)30(28,29)23-16-13-17(24-11-3-2-4-12-24)18-19(20(16)25(26)27)22-10-9-21-18/h5-10,13,23H,2-4,11-12H2,1H3. The van der Waals surface area contributed by atoms with Gasteiger partial charge in [-0.15, -0.1) is 0 Å². The Morgan fingerprint density at radius 3 is 2.30 bits per heavy atom. The third-order valence-corrected chi connectivity index (χ3v) is 6.54. The van der Waals surface area contributed by atoms with Crippen molar-refractivity contribution in [3.05, 3.63) is 58.4 Å². The summed E-state index contributed by atoms with van der Waals surface area (Å²) in [5.74, 6) is 0. The van der Waals surface area contributed by atoms with Gasteiger partial charge < -0.3 is 4.90 Å². The Labute approximate surface area is 174 Å². The third-order valence-electron chi connectivity index (χ3n) is 5.16. The lowest BCUT2D eigenvalue weighted by Gasteiger charge is -2.29. The number of nitrogens with one attached hydrogen (secondary N) is 1. The molecule has 3 aromatic rings. The van der Waals surface area contributed by atoms with Crippen molar-refractivity contribution in [1.29, 1.82) is 0 Å². The molecule has 0 atom stereocenters. The van der Waals surface area contributed by atoms with Crippen molar-refractivity contribution in [3.63, 3.8) is 0 Å². The molecule has 1 fully saturated rings. The van der Waals surface area contributed by atoms with Crippen molar-refractivity contribution >= 4 is 38.1 Å². The Morgan fingerprint density at radius 2 is 1.67 bits per heavy atom. The highest BCUT2D eigenvalue weighted by Crippen LogP contribution is 2.39. The molecule has 1 saturated heterocycles. The zero-order valence-corrected chi connectivity index (χ0v) is 17.2. The Morgan fingerprint density at radius 1 is 1.03 bits per heavy atom. The summed E-state index contributed by atoms with van der Waals surface area (Å²) in [6.45, 7) is 3.39. The highest BCUT2D eigenvalue weighted by Gasteiger charge is 2.29. The molecule has 1 aromatic heterocycles. The van der Waals surface area contributed by atoms with Gasteiger partial charge in [0.2, 0.25) is 0 Å². The van der Waals surface area contributed by atoms with Crippen LogP contribution in [0.5, 0.6) is 0 Å². The molecular weight excluding hydrogens is 406 g/mol. The third kappa shape index (κ3) is 3.78. The molecule has 0 saturated carbocycles. The van der Waals surface area contributed by atoms with E-state index in [1.807, 2.05) is 6.92 Å². The number of anilines is 2. The first-order valence-electron chi connectivity index (χ1n) is 9.63. The van der Waals surface area contributed by atoms with Crippen LogP contribution in [0, 0.1) is 17.0 Å². The summed E-state index contributed by atoms with van der Waals surface area (Å²) in [4.78, 5) is 21.9. The van der Waals surface area contributed by atoms with E-state index in [-0.39, 0.29) is 16.1 Å². The molecule has 30 heavy (non-hydrogen) atoms. The largest absolute Gasteiger partial charge is 0.370 e.